The number of anilines is 3. The van der Waals surface area contributed by atoms with E-state index in [1.807, 2.05) is 24.3 Å². The van der Waals surface area contributed by atoms with Crippen LogP contribution in [0.4, 0.5) is 17.2 Å². The Morgan fingerprint density at radius 2 is 2.00 bits per heavy atom. The molecule has 0 unspecified atom stereocenters. The first-order valence-electron chi connectivity index (χ1n) is 8.46. The Hall–Kier alpha value is -2.40. The van der Waals surface area contributed by atoms with Gasteiger partial charge in [-0.15, -0.1) is 0 Å². The second kappa shape index (κ2) is 7.93. The number of carbonyl (C=O) groups is 1. The number of rotatable bonds is 5. The molecular formula is C19H23N3O2. The summed E-state index contributed by atoms with van der Waals surface area (Å²) < 4.78 is 5.29. The van der Waals surface area contributed by atoms with E-state index < -0.39 is 0 Å². The van der Waals surface area contributed by atoms with E-state index in [2.05, 4.69) is 34.7 Å². The van der Waals surface area contributed by atoms with Crippen LogP contribution in [0.5, 0.6) is 0 Å². The number of nitrogens with one attached hydrogen (secondary N) is 2. The predicted molar refractivity (Wildman–Crippen MR) is 95.5 cm³/mol. The number of amides is 1. The van der Waals surface area contributed by atoms with Crippen molar-refractivity contribution in [2.24, 2.45) is 5.92 Å². The van der Waals surface area contributed by atoms with E-state index >= 15 is 0 Å². The molecule has 3 rings (SSSR count). The second-order valence-electron chi connectivity index (χ2n) is 5.94. The van der Waals surface area contributed by atoms with Crippen molar-refractivity contribution in [1.82, 2.24) is 4.98 Å². The van der Waals surface area contributed by atoms with Crippen molar-refractivity contribution in [2.75, 3.05) is 23.8 Å². The lowest BCUT2D eigenvalue weighted by Gasteiger charge is -2.21. The Balaban J connectivity index is 1.61. The van der Waals surface area contributed by atoms with Gasteiger partial charge in [0, 0.05) is 24.8 Å². The van der Waals surface area contributed by atoms with Crippen LogP contribution in [0.1, 0.15) is 25.3 Å². The zero-order valence-corrected chi connectivity index (χ0v) is 13.9. The summed E-state index contributed by atoms with van der Waals surface area (Å²) in [6, 6.07) is 12.0. The van der Waals surface area contributed by atoms with Gasteiger partial charge in [-0.25, -0.2) is 4.98 Å². The molecule has 24 heavy (non-hydrogen) atoms. The van der Waals surface area contributed by atoms with Crippen molar-refractivity contribution in [3.05, 3.63) is 48.2 Å². The third-order valence-corrected chi connectivity index (χ3v) is 4.28. The molecule has 5 heteroatoms. The molecule has 2 N–H and O–H groups in total. The minimum absolute atomic E-state index is 0.0229. The molecule has 0 saturated carbocycles. The number of para-hydroxylation sites is 1. The number of ether oxygens (including phenoxy) is 1. The van der Waals surface area contributed by atoms with Gasteiger partial charge in [0.15, 0.2) is 0 Å². The number of aryl methyl sites for hydroxylation is 1. The number of pyridine rings is 1. The quantitative estimate of drug-likeness (QED) is 0.879. The average Bonchev–Trinajstić information content (AvgIpc) is 2.64. The molecule has 0 radical (unpaired) electrons. The molecule has 1 aliphatic heterocycles. The monoisotopic (exact) mass is 325 g/mol. The number of carbonyl (C=O) groups excluding carboxylic acids is 1. The molecule has 1 amide bonds. The summed E-state index contributed by atoms with van der Waals surface area (Å²) in [5.41, 5.74) is 3.25. The molecule has 0 aliphatic carbocycles. The minimum Gasteiger partial charge on any atom is -0.381 e. The summed E-state index contributed by atoms with van der Waals surface area (Å²) >= 11 is 0. The third kappa shape index (κ3) is 4.11. The van der Waals surface area contributed by atoms with Gasteiger partial charge in [-0.05, 0) is 43.0 Å². The molecule has 2 aromatic rings. The van der Waals surface area contributed by atoms with Crippen LogP contribution in [-0.4, -0.2) is 24.1 Å². The molecule has 1 aromatic heterocycles. The summed E-state index contributed by atoms with van der Waals surface area (Å²) in [6.07, 6.45) is 4.26. The van der Waals surface area contributed by atoms with Crippen molar-refractivity contribution in [2.45, 2.75) is 26.2 Å². The topological polar surface area (TPSA) is 63.2 Å². The zero-order valence-electron chi connectivity index (χ0n) is 13.9. The highest BCUT2D eigenvalue weighted by Gasteiger charge is 2.21. The van der Waals surface area contributed by atoms with Crippen molar-refractivity contribution in [3.63, 3.8) is 0 Å². The highest BCUT2D eigenvalue weighted by atomic mass is 16.5. The van der Waals surface area contributed by atoms with Crippen molar-refractivity contribution in [1.29, 1.82) is 0 Å². The van der Waals surface area contributed by atoms with E-state index in [1.165, 1.54) is 5.56 Å². The Bertz CT molecular complexity index is 679. The van der Waals surface area contributed by atoms with Gasteiger partial charge < -0.3 is 15.4 Å². The fraction of sp³-hybridized carbons (Fsp3) is 0.368. The molecule has 5 nitrogen and oxygen atoms in total. The minimum atomic E-state index is 0.0229. The van der Waals surface area contributed by atoms with Gasteiger partial charge in [-0.3, -0.25) is 4.79 Å². The maximum Gasteiger partial charge on any atom is 0.228 e. The molecule has 0 spiro atoms. The van der Waals surface area contributed by atoms with Gasteiger partial charge in [0.1, 0.15) is 5.82 Å². The Kier molecular flexibility index (Phi) is 5.43. The third-order valence-electron chi connectivity index (χ3n) is 4.28. The fourth-order valence-corrected chi connectivity index (χ4v) is 2.84. The van der Waals surface area contributed by atoms with Crippen molar-refractivity contribution in [3.8, 4) is 0 Å². The van der Waals surface area contributed by atoms with Crippen molar-refractivity contribution >= 4 is 23.1 Å². The number of nitrogens with zero attached hydrogens (tertiary/aromatic N) is 1. The van der Waals surface area contributed by atoms with Gasteiger partial charge in [-0.1, -0.05) is 25.1 Å². The number of benzene rings is 1. The molecular weight excluding hydrogens is 302 g/mol. The lowest BCUT2D eigenvalue weighted by molar-refractivity contribution is -0.122. The van der Waals surface area contributed by atoms with E-state index in [1.54, 1.807) is 6.20 Å². The zero-order chi connectivity index (χ0) is 16.8. The fourth-order valence-electron chi connectivity index (χ4n) is 2.84. The predicted octanol–water partition coefficient (Wildman–Crippen LogP) is 3.75. The van der Waals surface area contributed by atoms with Gasteiger partial charge in [0.25, 0.3) is 0 Å². The molecule has 1 fully saturated rings. The summed E-state index contributed by atoms with van der Waals surface area (Å²) in [4.78, 5) is 16.5. The summed E-state index contributed by atoms with van der Waals surface area (Å²) in [6.45, 7) is 3.45. The van der Waals surface area contributed by atoms with Crippen LogP contribution in [0.3, 0.4) is 0 Å². The first-order valence-corrected chi connectivity index (χ1v) is 8.46. The SMILES string of the molecule is CCc1ccccc1Nc1ccc(NC(=O)C2CCOCC2)nc1. The van der Waals surface area contributed by atoms with Gasteiger partial charge >= 0.3 is 0 Å². The van der Waals surface area contributed by atoms with Crippen LogP contribution in [0, 0.1) is 5.92 Å². The Labute approximate surface area is 142 Å². The molecule has 1 aromatic carbocycles. The van der Waals surface area contributed by atoms with Crippen LogP contribution < -0.4 is 10.6 Å². The first kappa shape index (κ1) is 16.5. The summed E-state index contributed by atoms with van der Waals surface area (Å²) in [5, 5.41) is 6.27. The Morgan fingerprint density at radius 1 is 1.21 bits per heavy atom. The highest BCUT2D eigenvalue weighted by Crippen LogP contribution is 2.22. The van der Waals surface area contributed by atoms with Crippen molar-refractivity contribution < 1.29 is 9.53 Å². The summed E-state index contributed by atoms with van der Waals surface area (Å²) in [5.74, 6) is 0.637. The standard InChI is InChI=1S/C19H23N3O2/c1-2-14-5-3-4-6-17(14)21-16-7-8-18(20-13-16)22-19(23)15-9-11-24-12-10-15/h3-8,13,15,21H,2,9-12H2,1H3,(H,20,22,23). The maximum atomic E-state index is 12.2. The van der Waals surface area contributed by atoms with E-state index in [4.69, 9.17) is 4.74 Å². The van der Waals surface area contributed by atoms with E-state index in [0.29, 0.717) is 19.0 Å². The molecule has 126 valence electrons. The second-order valence-corrected chi connectivity index (χ2v) is 5.94. The van der Waals surface area contributed by atoms with Crippen LogP contribution in [-0.2, 0) is 16.0 Å². The average molecular weight is 325 g/mol. The molecule has 0 bridgehead atoms. The van der Waals surface area contributed by atoms with Gasteiger partial charge in [0.05, 0.1) is 11.9 Å². The normalized spacial score (nSPS) is 15.0. The molecule has 1 aliphatic rings. The number of aromatic nitrogens is 1. The number of hydrogen-bond acceptors (Lipinski definition) is 4. The Morgan fingerprint density at radius 3 is 2.71 bits per heavy atom. The molecule has 2 heterocycles. The number of hydrogen-bond donors (Lipinski definition) is 2. The van der Waals surface area contributed by atoms with Crippen LogP contribution in [0.25, 0.3) is 0 Å². The summed E-state index contributed by atoms with van der Waals surface area (Å²) in [7, 11) is 0. The van der Waals surface area contributed by atoms with Crippen LogP contribution in [0.2, 0.25) is 0 Å². The van der Waals surface area contributed by atoms with E-state index in [0.717, 1.165) is 30.6 Å². The van der Waals surface area contributed by atoms with E-state index in [-0.39, 0.29) is 11.8 Å². The lowest BCUT2D eigenvalue weighted by atomic mass is 9.99. The van der Waals surface area contributed by atoms with Gasteiger partial charge in [0.2, 0.25) is 5.91 Å². The lowest BCUT2D eigenvalue weighted by Crippen LogP contribution is -2.28. The smallest absolute Gasteiger partial charge is 0.228 e. The first-order chi connectivity index (χ1) is 11.8. The van der Waals surface area contributed by atoms with Gasteiger partial charge in [-0.2, -0.15) is 0 Å². The molecule has 0 atom stereocenters. The molecule has 1 saturated heterocycles. The van der Waals surface area contributed by atoms with E-state index in [9.17, 15) is 4.79 Å². The largest absolute Gasteiger partial charge is 0.381 e. The van der Waals surface area contributed by atoms with Crippen LogP contribution >= 0.6 is 0 Å². The van der Waals surface area contributed by atoms with Crippen LogP contribution in [0.15, 0.2) is 42.6 Å². The highest BCUT2D eigenvalue weighted by molar-refractivity contribution is 5.91. The maximum absolute atomic E-state index is 12.2.